The second-order valence-corrected chi connectivity index (χ2v) is 2.69. The highest BCUT2D eigenvalue weighted by Crippen LogP contribution is 2.08. The summed E-state index contributed by atoms with van der Waals surface area (Å²) >= 11 is 0. The third-order valence-corrected chi connectivity index (χ3v) is 1.61. The van der Waals surface area contributed by atoms with E-state index in [4.69, 9.17) is 5.26 Å². The number of carbonyl (C=O) groups excluding carboxylic acids is 1. The lowest BCUT2D eigenvalue weighted by Gasteiger charge is -2.00. The zero-order valence-corrected chi connectivity index (χ0v) is 8.40. The van der Waals surface area contributed by atoms with E-state index in [9.17, 15) is 9.18 Å². The normalized spacial score (nSPS) is 10.4. The highest BCUT2D eigenvalue weighted by Gasteiger charge is 2.10. The first kappa shape index (κ1) is 11.7. The standard InChI is InChI=1S/C10H8FN3O2/c1-16-10(15)9(6-12)14-13-8-4-2-3-7(11)5-8/h2-5,13H,1H3/b14-9-. The summed E-state index contributed by atoms with van der Waals surface area (Å²) in [6.07, 6.45) is 0. The Bertz CT molecular complexity index is 465. The molecule has 1 aromatic rings. The Balaban J connectivity index is 2.79. The molecule has 6 heteroatoms. The van der Waals surface area contributed by atoms with Gasteiger partial charge in [-0.2, -0.15) is 10.4 Å². The van der Waals surface area contributed by atoms with Crippen LogP contribution in [0.1, 0.15) is 0 Å². The van der Waals surface area contributed by atoms with Gasteiger partial charge in [-0.05, 0) is 18.2 Å². The highest BCUT2D eigenvalue weighted by molar-refractivity contribution is 6.43. The molecule has 1 aromatic carbocycles. The monoisotopic (exact) mass is 221 g/mol. The number of hydrogen-bond donors (Lipinski definition) is 1. The lowest BCUT2D eigenvalue weighted by Crippen LogP contribution is -2.15. The molecule has 0 saturated heterocycles. The molecule has 5 nitrogen and oxygen atoms in total. The molecule has 82 valence electrons. The summed E-state index contributed by atoms with van der Waals surface area (Å²) in [6.45, 7) is 0. The van der Waals surface area contributed by atoms with Gasteiger partial charge in [-0.25, -0.2) is 9.18 Å². The topological polar surface area (TPSA) is 74.5 Å². The minimum Gasteiger partial charge on any atom is -0.464 e. The van der Waals surface area contributed by atoms with Crippen molar-refractivity contribution in [3.05, 3.63) is 30.1 Å². The number of nitrogens with one attached hydrogen (secondary N) is 1. The number of methoxy groups -OCH3 is 1. The summed E-state index contributed by atoms with van der Waals surface area (Å²) in [7, 11) is 1.14. The molecule has 0 atom stereocenters. The zero-order valence-electron chi connectivity index (χ0n) is 8.40. The van der Waals surface area contributed by atoms with E-state index in [1.165, 1.54) is 18.2 Å². The number of halogens is 1. The fourth-order valence-corrected chi connectivity index (χ4v) is 0.891. The summed E-state index contributed by atoms with van der Waals surface area (Å²) < 4.78 is 17.1. The molecule has 0 aromatic heterocycles. The van der Waals surface area contributed by atoms with E-state index >= 15 is 0 Å². The van der Waals surface area contributed by atoms with Crippen LogP contribution in [0.2, 0.25) is 0 Å². The SMILES string of the molecule is COC(=O)/C(C#N)=N\Nc1cccc(F)c1. The van der Waals surface area contributed by atoms with Gasteiger partial charge in [0.05, 0.1) is 12.8 Å². The van der Waals surface area contributed by atoms with Crippen LogP contribution in [-0.4, -0.2) is 18.8 Å². The van der Waals surface area contributed by atoms with Crippen LogP contribution >= 0.6 is 0 Å². The van der Waals surface area contributed by atoms with Crippen LogP contribution < -0.4 is 5.43 Å². The van der Waals surface area contributed by atoms with Crippen molar-refractivity contribution < 1.29 is 13.9 Å². The summed E-state index contributed by atoms with van der Waals surface area (Å²) in [4.78, 5) is 10.9. The third-order valence-electron chi connectivity index (χ3n) is 1.61. The molecule has 1 N–H and O–H groups in total. The van der Waals surface area contributed by atoms with E-state index in [-0.39, 0.29) is 0 Å². The van der Waals surface area contributed by atoms with E-state index in [1.807, 2.05) is 0 Å². The Morgan fingerprint density at radius 2 is 2.38 bits per heavy atom. The summed E-state index contributed by atoms with van der Waals surface area (Å²) in [5, 5.41) is 12.1. The predicted octanol–water partition coefficient (Wildman–Crippen LogP) is 1.29. The molecular formula is C10H8FN3O2. The van der Waals surface area contributed by atoms with Crippen LogP contribution in [0.15, 0.2) is 29.4 Å². The first-order valence-corrected chi connectivity index (χ1v) is 4.25. The number of ether oxygens (including phenoxy) is 1. The van der Waals surface area contributed by atoms with E-state index in [0.29, 0.717) is 5.69 Å². The molecule has 0 spiro atoms. The van der Waals surface area contributed by atoms with Crippen molar-refractivity contribution in [3.8, 4) is 6.07 Å². The maximum Gasteiger partial charge on any atom is 0.369 e. The van der Waals surface area contributed by atoms with E-state index < -0.39 is 17.5 Å². The average molecular weight is 221 g/mol. The van der Waals surface area contributed by atoms with Crippen molar-refractivity contribution >= 4 is 17.4 Å². The van der Waals surface area contributed by atoms with Gasteiger partial charge in [-0.3, -0.25) is 5.43 Å². The zero-order chi connectivity index (χ0) is 12.0. The Kier molecular flexibility index (Phi) is 3.98. The molecule has 0 aliphatic heterocycles. The maximum absolute atomic E-state index is 12.8. The molecule has 0 amide bonds. The average Bonchev–Trinajstić information content (AvgIpc) is 2.29. The number of rotatable bonds is 3. The van der Waals surface area contributed by atoms with Crippen LogP contribution in [0.3, 0.4) is 0 Å². The van der Waals surface area contributed by atoms with Gasteiger partial charge >= 0.3 is 5.97 Å². The Labute approximate surface area is 91.1 Å². The number of nitrogens with zero attached hydrogens (tertiary/aromatic N) is 2. The fraction of sp³-hybridized carbons (Fsp3) is 0.100. The largest absolute Gasteiger partial charge is 0.464 e. The van der Waals surface area contributed by atoms with Crippen molar-refractivity contribution in [1.82, 2.24) is 0 Å². The van der Waals surface area contributed by atoms with Gasteiger partial charge in [0.15, 0.2) is 0 Å². The molecule has 0 heterocycles. The molecule has 16 heavy (non-hydrogen) atoms. The molecule has 1 rings (SSSR count). The first-order chi connectivity index (χ1) is 7.67. The Morgan fingerprint density at radius 1 is 1.62 bits per heavy atom. The highest BCUT2D eigenvalue weighted by atomic mass is 19.1. The maximum atomic E-state index is 12.8. The van der Waals surface area contributed by atoms with Gasteiger partial charge in [-0.1, -0.05) is 6.07 Å². The molecule has 0 fully saturated rings. The summed E-state index contributed by atoms with van der Waals surface area (Å²) in [5.41, 5.74) is 2.27. The Hall–Kier alpha value is -2.42. The lowest BCUT2D eigenvalue weighted by atomic mass is 10.3. The fourth-order valence-electron chi connectivity index (χ4n) is 0.891. The number of hydrazone groups is 1. The van der Waals surface area contributed by atoms with Gasteiger partial charge in [0.1, 0.15) is 11.9 Å². The Morgan fingerprint density at radius 3 is 2.94 bits per heavy atom. The molecule has 0 radical (unpaired) electrons. The van der Waals surface area contributed by atoms with Crippen molar-refractivity contribution in [2.24, 2.45) is 5.10 Å². The second kappa shape index (κ2) is 5.46. The van der Waals surface area contributed by atoms with Crippen LogP contribution in [0.4, 0.5) is 10.1 Å². The van der Waals surface area contributed by atoms with E-state index in [1.54, 1.807) is 12.1 Å². The minimum absolute atomic E-state index is 0.330. The van der Waals surface area contributed by atoms with Crippen LogP contribution in [-0.2, 0) is 9.53 Å². The number of hydrogen-bond acceptors (Lipinski definition) is 5. The van der Waals surface area contributed by atoms with Crippen LogP contribution in [0, 0.1) is 17.1 Å². The summed E-state index contributed by atoms with van der Waals surface area (Å²) in [5.74, 6) is -1.30. The van der Waals surface area contributed by atoms with Crippen molar-refractivity contribution in [2.75, 3.05) is 12.5 Å². The molecular weight excluding hydrogens is 213 g/mol. The number of carbonyl (C=O) groups is 1. The molecule has 0 aliphatic rings. The first-order valence-electron chi connectivity index (χ1n) is 4.25. The van der Waals surface area contributed by atoms with Crippen LogP contribution in [0.5, 0.6) is 0 Å². The second-order valence-electron chi connectivity index (χ2n) is 2.69. The molecule has 0 aliphatic carbocycles. The van der Waals surface area contributed by atoms with Crippen molar-refractivity contribution in [3.63, 3.8) is 0 Å². The van der Waals surface area contributed by atoms with Crippen LogP contribution in [0.25, 0.3) is 0 Å². The molecule has 0 unspecified atom stereocenters. The number of nitriles is 1. The predicted molar refractivity (Wildman–Crippen MR) is 55.1 cm³/mol. The third kappa shape index (κ3) is 3.06. The van der Waals surface area contributed by atoms with Crippen molar-refractivity contribution in [1.29, 1.82) is 5.26 Å². The minimum atomic E-state index is -0.855. The number of benzene rings is 1. The number of esters is 1. The summed E-state index contributed by atoms with van der Waals surface area (Å²) in [6, 6.07) is 7.01. The quantitative estimate of drug-likeness (QED) is 0.474. The van der Waals surface area contributed by atoms with Gasteiger partial charge in [-0.15, -0.1) is 0 Å². The van der Waals surface area contributed by atoms with E-state index in [2.05, 4.69) is 15.3 Å². The van der Waals surface area contributed by atoms with Gasteiger partial charge in [0.2, 0.25) is 5.71 Å². The molecule has 0 saturated carbocycles. The van der Waals surface area contributed by atoms with E-state index in [0.717, 1.165) is 7.11 Å². The van der Waals surface area contributed by atoms with Gasteiger partial charge < -0.3 is 4.74 Å². The number of anilines is 1. The lowest BCUT2D eigenvalue weighted by molar-refractivity contribution is -0.132. The molecule has 0 bridgehead atoms. The van der Waals surface area contributed by atoms with Gasteiger partial charge in [0, 0.05) is 0 Å². The van der Waals surface area contributed by atoms with Gasteiger partial charge in [0.25, 0.3) is 0 Å². The van der Waals surface area contributed by atoms with Crippen molar-refractivity contribution in [2.45, 2.75) is 0 Å². The smallest absolute Gasteiger partial charge is 0.369 e.